The molecule has 4 heteroatoms. The zero-order chi connectivity index (χ0) is 12.5. The molecule has 0 saturated heterocycles. The minimum atomic E-state index is 0.689. The third-order valence-electron chi connectivity index (χ3n) is 2.87. The van der Waals surface area contributed by atoms with E-state index in [1.165, 1.54) is 0 Å². The number of rotatable bonds is 2. The van der Waals surface area contributed by atoms with Crippen LogP contribution in [0.3, 0.4) is 0 Å². The number of nitrogens with zero attached hydrogens (tertiary/aromatic N) is 1. The molecule has 3 rings (SSSR count). The van der Waals surface area contributed by atoms with Crippen molar-refractivity contribution < 1.29 is 0 Å². The first-order chi connectivity index (χ1) is 8.72. The van der Waals surface area contributed by atoms with Gasteiger partial charge < -0.3 is 10.7 Å². The number of aromatic nitrogens is 2. The zero-order valence-electron chi connectivity index (χ0n) is 9.65. The Bertz CT molecular complexity index is 703. The number of nitrogens with one attached hydrogen (secondary N) is 1. The zero-order valence-corrected chi connectivity index (χ0v) is 10.4. The largest absolute Gasteiger partial charge is 0.399 e. The Morgan fingerprint density at radius 3 is 2.83 bits per heavy atom. The van der Waals surface area contributed by atoms with E-state index in [2.05, 4.69) is 9.97 Å². The van der Waals surface area contributed by atoms with Gasteiger partial charge in [-0.2, -0.15) is 0 Å². The maximum atomic E-state index is 6.14. The van der Waals surface area contributed by atoms with Gasteiger partial charge in [-0.05, 0) is 29.8 Å². The summed E-state index contributed by atoms with van der Waals surface area (Å²) < 4.78 is 0. The van der Waals surface area contributed by atoms with Gasteiger partial charge in [-0.1, -0.05) is 29.8 Å². The molecule has 0 spiro atoms. The van der Waals surface area contributed by atoms with E-state index in [4.69, 9.17) is 17.3 Å². The molecule has 0 atom stereocenters. The van der Waals surface area contributed by atoms with Crippen LogP contribution in [-0.2, 0) is 6.42 Å². The molecule has 1 aromatic heterocycles. The van der Waals surface area contributed by atoms with Gasteiger partial charge in [0.25, 0.3) is 0 Å². The summed E-state index contributed by atoms with van der Waals surface area (Å²) in [6.45, 7) is 0. The van der Waals surface area contributed by atoms with Crippen molar-refractivity contribution in [1.29, 1.82) is 0 Å². The fourth-order valence-electron chi connectivity index (χ4n) is 1.99. The number of H-pyrrole nitrogens is 1. The van der Waals surface area contributed by atoms with Crippen LogP contribution >= 0.6 is 11.6 Å². The first-order valence-electron chi connectivity index (χ1n) is 5.70. The second-order valence-corrected chi connectivity index (χ2v) is 4.64. The molecule has 0 aliphatic rings. The maximum Gasteiger partial charge on any atom is 0.111 e. The average Bonchev–Trinajstić information content (AvgIpc) is 2.73. The molecule has 3 nitrogen and oxygen atoms in total. The second-order valence-electron chi connectivity index (χ2n) is 4.23. The lowest BCUT2D eigenvalue weighted by Gasteiger charge is -2.00. The molecule has 3 aromatic rings. The summed E-state index contributed by atoms with van der Waals surface area (Å²) >= 11 is 6.14. The molecule has 0 aliphatic carbocycles. The maximum absolute atomic E-state index is 6.14. The Kier molecular flexibility index (Phi) is 2.68. The molecule has 3 N–H and O–H groups in total. The number of benzene rings is 2. The molecule has 0 fully saturated rings. The number of halogens is 1. The first-order valence-corrected chi connectivity index (χ1v) is 6.08. The predicted molar refractivity (Wildman–Crippen MR) is 74.8 cm³/mol. The highest BCUT2D eigenvalue weighted by molar-refractivity contribution is 6.31. The third-order valence-corrected chi connectivity index (χ3v) is 3.24. The normalized spacial score (nSPS) is 10.9. The highest BCUT2D eigenvalue weighted by atomic mass is 35.5. The van der Waals surface area contributed by atoms with Gasteiger partial charge >= 0.3 is 0 Å². The smallest absolute Gasteiger partial charge is 0.111 e. The quantitative estimate of drug-likeness (QED) is 0.692. The summed E-state index contributed by atoms with van der Waals surface area (Å²) in [5.74, 6) is 0.892. The minimum absolute atomic E-state index is 0.689. The summed E-state index contributed by atoms with van der Waals surface area (Å²) in [6.07, 6.45) is 0.689. The molecule has 1 heterocycles. The second kappa shape index (κ2) is 4.35. The Balaban J connectivity index is 1.98. The fourth-order valence-corrected chi connectivity index (χ4v) is 2.19. The summed E-state index contributed by atoms with van der Waals surface area (Å²) in [4.78, 5) is 7.78. The van der Waals surface area contributed by atoms with Crippen LogP contribution in [-0.4, -0.2) is 9.97 Å². The van der Waals surface area contributed by atoms with Crippen molar-refractivity contribution in [3.8, 4) is 0 Å². The van der Waals surface area contributed by atoms with E-state index in [1.54, 1.807) is 0 Å². The summed E-state index contributed by atoms with van der Waals surface area (Å²) in [5.41, 5.74) is 9.41. The van der Waals surface area contributed by atoms with Crippen LogP contribution in [0.4, 0.5) is 5.69 Å². The monoisotopic (exact) mass is 257 g/mol. The lowest BCUT2D eigenvalue weighted by atomic mass is 10.1. The van der Waals surface area contributed by atoms with E-state index in [9.17, 15) is 0 Å². The Hall–Kier alpha value is -2.00. The van der Waals surface area contributed by atoms with Crippen LogP contribution in [0.5, 0.6) is 0 Å². The van der Waals surface area contributed by atoms with Crippen molar-refractivity contribution in [2.75, 3.05) is 5.73 Å². The highest BCUT2D eigenvalue weighted by Gasteiger charge is 2.06. The summed E-state index contributed by atoms with van der Waals surface area (Å²) in [5, 5.41) is 0.762. The Morgan fingerprint density at radius 2 is 2.00 bits per heavy atom. The van der Waals surface area contributed by atoms with Gasteiger partial charge in [-0.25, -0.2) is 4.98 Å². The van der Waals surface area contributed by atoms with E-state index in [0.29, 0.717) is 6.42 Å². The molecular weight excluding hydrogens is 246 g/mol. The average molecular weight is 258 g/mol. The summed E-state index contributed by atoms with van der Waals surface area (Å²) in [7, 11) is 0. The van der Waals surface area contributed by atoms with E-state index in [-0.39, 0.29) is 0 Å². The molecule has 0 radical (unpaired) electrons. The van der Waals surface area contributed by atoms with Gasteiger partial charge in [0.05, 0.1) is 11.0 Å². The van der Waals surface area contributed by atoms with Crippen LogP contribution in [0.15, 0.2) is 42.5 Å². The van der Waals surface area contributed by atoms with Crippen molar-refractivity contribution >= 4 is 28.3 Å². The van der Waals surface area contributed by atoms with E-state index in [0.717, 1.165) is 33.1 Å². The van der Waals surface area contributed by atoms with Crippen molar-refractivity contribution in [1.82, 2.24) is 9.97 Å². The van der Waals surface area contributed by atoms with Gasteiger partial charge in [0.15, 0.2) is 0 Å². The van der Waals surface area contributed by atoms with Crippen LogP contribution in [0.25, 0.3) is 11.0 Å². The van der Waals surface area contributed by atoms with Crippen molar-refractivity contribution in [3.05, 3.63) is 58.9 Å². The fraction of sp³-hybridized carbons (Fsp3) is 0.0714. The van der Waals surface area contributed by atoms with Crippen LogP contribution in [0, 0.1) is 0 Å². The molecule has 2 aromatic carbocycles. The first kappa shape index (κ1) is 11.1. The number of nitrogens with two attached hydrogens (primary N) is 1. The van der Waals surface area contributed by atoms with E-state index < -0.39 is 0 Å². The summed E-state index contributed by atoms with van der Waals surface area (Å²) in [6, 6.07) is 13.4. The van der Waals surface area contributed by atoms with Crippen LogP contribution < -0.4 is 5.73 Å². The van der Waals surface area contributed by atoms with Gasteiger partial charge in [-0.15, -0.1) is 0 Å². The minimum Gasteiger partial charge on any atom is -0.399 e. The van der Waals surface area contributed by atoms with Crippen LogP contribution in [0.1, 0.15) is 11.4 Å². The van der Waals surface area contributed by atoms with E-state index >= 15 is 0 Å². The SMILES string of the molecule is Nc1ccc2nc(Cc3ccccc3Cl)[nH]c2c1. The Morgan fingerprint density at radius 1 is 1.17 bits per heavy atom. The van der Waals surface area contributed by atoms with Gasteiger partial charge in [0, 0.05) is 17.1 Å². The van der Waals surface area contributed by atoms with Gasteiger partial charge in [0.1, 0.15) is 5.82 Å². The van der Waals surface area contributed by atoms with Crippen molar-refractivity contribution in [2.24, 2.45) is 0 Å². The third kappa shape index (κ3) is 2.05. The van der Waals surface area contributed by atoms with Crippen LogP contribution in [0.2, 0.25) is 5.02 Å². The standard InChI is InChI=1S/C14H12ClN3/c15-11-4-2-1-3-9(11)7-14-17-12-6-5-10(16)8-13(12)18-14/h1-6,8H,7,16H2,(H,17,18). The van der Waals surface area contributed by atoms with Crippen molar-refractivity contribution in [3.63, 3.8) is 0 Å². The number of hydrogen-bond acceptors (Lipinski definition) is 2. The number of fused-ring (bicyclic) bond motifs is 1. The molecule has 90 valence electrons. The topological polar surface area (TPSA) is 54.7 Å². The number of aromatic amines is 1. The lowest BCUT2D eigenvalue weighted by molar-refractivity contribution is 1.04. The van der Waals surface area contributed by atoms with E-state index in [1.807, 2.05) is 42.5 Å². The van der Waals surface area contributed by atoms with Gasteiger partial charge in [-0.3, -0.25) is 0 Å². The molecule has 0 amide bonds. The molecule has 0 bridgehead atoms. The molecule has 18 heavy (non-hydrogen) atoms. The van der Waals surface area contributed by atoms with Crippen molar-refractivity contribution in [2.45, 2.75) is 6.42 Å². The molecule has 0 unspecified atom stereocenters. The Labute approximate surface area is 110 Å². The molecule has 0 aliphatic heterocycles. The molecular formula is C14H12ClN3. The lowest BCUT2D eigenvalue weighted by Crippen LogP contribution is -1.91. The highest BCUT2D eigenvalue weighted by Crippen LogP contribution is 2.20. The predicted octanol–water partition coefficient (Wildman–Crippen LogP) is 3.39. The number of nitrogen functional groups attached to an aromatic ring is 1. The number of anilines is 1. The molecule has 0 saturated carbocycles. The van der Waals surface area contributed by atoms with Gasteiger partial charge in [0.2, 0.25) is 0 Å². The number of imidazole rings is 1. The number of hydrogen-bond donors (Lipinski definition) is 2.